The van der Waals surface area contributed by atoms with Gasteiger partial charge in [-0.25, -0.2) is 0 Å². The highest BCUT2D eigenvalue weighted by Crippen LogP contribution is 2.28. The van der Waals surface area contributed by atoms with Gasteiger partial charge >= 0.3 is 0 Å². The molecule has 0 unspecified atom stereocenters. The summed E-state index contributed by atoms with van der Waals surface area (Å²) in [4.78, 5) is 4.49. The molecule has 1 aromatic carbocycles. The molecule has 2 rings (SSSR count). The highest BCUT2D eigenvalue weighted by Gasteiger charge is 2.14. The minimum atomic E-state index is 0.167. The first-order chi connectivity index (χ1) is 8.38. The van der Waals surface area contributed by atoms with Gasteiger partial charge in [-0.1, -0.05) is 39.0 Å². The van der Waals surface area contributed by atoms with E-state index in [-0.39, 0.29) is 5.41 Å². The predicted octanol–water partition coefficient (Wildman–Crippen LogP) is 5.12. The summed E-state index contributed by atoms with van der Waals surface area (Å²) in [7, 11) is 0. The lowest BCUT2D eigenvalue weighted by Crippen LogP contribution is -2.10. The Morgan fingerprint density at radius 3 is 2.44 bits per heavy atom. The molecule has 0 saturated carbocycles. The monoisotopic (exact) mass is 303 g/mol. The summed E-state index contributed by atoms with van der Waals surface area (Å²) in [5.74, 6) is 0. The first-order valence-corrected chi connectivity index (χ1v) is 6.90. The van der Waals surface area contributed by atoms with Crippen molar-refractivity contribution in [2.75, 3.05) is 0 Å². The summed E-state index contributed by atoms with van der Waals surface area (Å²) in [5, 5.41) is 0. The van der Waals surface area contributed by atoms with Crippen molar-refractivity contribution in [1.82, 2.24) is 4.98 Å². The number of hydrogen-bond donors (Lipinski definition) is 0. The van der Waals surface area contributed by atoms with Crippen molar-refractivity contribution in [3.8, 4) is 11.3 Å². The Kier molecular flexibility index (Phi) is 3.58. The summed E-state index contributed by atoms with van der Waals surface area (Å²) in [5.41, 5.74) is 4.92. The van der Waals surface area contributed by atoms with E-state index in [1.54, 1.807) is 0 Å². The third-order valence-electron chi connectivity index (χ3n) is 3.07. The molecule has 18 heavy (non-hydrogen) atoms. The van der Waals surface area contributed by atoms with Gasteiger partial charge in [0.2, 0.25) is 0 Å². The van der Waals surface area contributed by atoms with E-state index in [4.69, 9.17) is 0 Å². The average Bonchev–Trinajstić information content (AvgIpc) is 2.32. The van der Waals surface area contributed by atoms with Crippen molar-refractivity contribution in [2.24, 2.45) is 0 Å². The first-order valence-electron chi connectivity index (χ1n) is 6.11. The predicted molar refractivity (Wildman–Crippen MR) is 80.8 cm³/mol. The molecule has 0 spiro atoms. The van der Waals surface area contributed by atoms with Gasteiger partial charge < -0.3 is 0 Å². The van der Waals surface area contributed by atoms with Crippen LogP contribution < -0.4 is 0 Å². The number of benzene rings is 1. The number of nitrogens with zero attached hydrogens (tertiary/aromatic N) is 1. The Morgan fingerprint density at radius 1 is 1.11 bits per heavy atom. The molecule has 94 valence electrons. The fourth-order valence-electron chi connectivity index (χ4n) is 1.84. The summed E-state index contributed by atoms with van der Waals surface area (Å²) < 4.78 is 1.05. The smallest absolute Gasteiger partial charge is 0.0705 e. The number of rotatable bonds is 1. The third-order valence-corrected chi connectivity index (χ3v) is 3.90. The number of halogens is 1. The van der Waals surface area contributed by atoms with Crippen molar-refractivity contribution in [2.45, 2.75) is 33.1 Å². The first kappa shape index (κ1) is 13.3. The van der Waals surface area contributed by atoms with E-state index in [0.29, 0.717) is 0 Å². The van der Waals surface area contributed by atoms with Crippen LogP contribution in [0.1, 0.15) is 31.9 Å². The van der Waals surface area contributed by atoms with Gasteiger partial charge in [0.25, 0.3) is 0 Å². The van der Waals surface area contributed by atoms with Crippen molar-refractivity contribution in [3.05, 3.63) is 52.1 Å². The second-order valence-corrected chi connectivity index (χ2v) is 6.50. The summed E-state index contributed by atoms with van der Waals surface area (Å²) in [6, 6.07) is 10.7. The third kappa shape index (κ3) is 2.81. The lowest BCUT2D eigenvalue weighted by molar-refractivity contribution is 0.590. The van der Waals surface area contributed by atoms with E-state index in [1.165, 1.54) is 16.7 Å². The van der Waals surface area contributed by atoms with Gasteiger partial charge in [-0.15, -0.1) is 0 Å². The summed E-state index contributed by atoms with van der Waals surface area (Å²) in [6.45, 7) is 8.77. The molecule has 0 radical (unpaired) electrons. The maximum absolute atomic E-state index is 4.49. The maximum Gasteiger partial charge on any atom is 0.0705 e. The van der Waals surface area contributed by atoms with E-state index >= 15 is 0 Å². The van der Waals surface area contributed by atoms with Crippen LogP contribution in [0.15, 0.2) is 41.0 Å². The fraction of sp³-hybridized carbons (Fsp3) is 0.312. The molecule has 0 amide bonds. The van der Waals surface area contributed by atoms with Gasteiger partial charge in [0.05, 0.1) is 5.69 Å². The lowest BCUT2D eigenvalue weighted by atomic mass is 9.86. The van der Waals surface area contributed by atoms with Crippen LogP contribution in [-0.4, -0.2) is 4.98 Å². The molecule has 0 bridgehead atoms. The number of hydrogen-bond acceptors (Lipinski definition) is 1. The second-order valence-electron chi connectivity index (χ2n) is 5.65. The van der Waals surface area contributed by atoms with E-state index in [1.807, 2.05) is 6.20 Å². The number of aryl methyl sites for hydroxylation is 1. The summed E-state index contributed by atoms with van der Waals surface area (Å²) in [6.07, 6.45) is 1.87. The minimum absolute atomic E-state index is 0.167. The lowest BCUT2D eigenvalue weighted by Gasteiger charge is -2.19. The van der Waals surface area contributed by atoms with Crippen LogP contribution in [0.4, 0.5) is 0 Å². The number of pyridine rings is 1. The zero-order valence-corrected chi connectivity index (χ0v) is 12.9. The Labute approximate surface area is 117 Å². The fourth-order valence-corrected chi connectivity index (χ4v) is 2.06. The Balaban J connectivity index is 2.48. The van der Waals surface area contributed by atoms with Crippen LogP contribution in [0.2, 0.25) is 0 Å². The van der Waals surface area contributed by atoms with Crippen LogP contribution in [0, 0.1) is 6.92 Å². The highest BCUT2D eigenvalue weighted by molar-refractivity contribution is 9.10. The van der Waals surface area contributed by atoms with E-state index in [9.17, 15) is 0 Å². The van der Waals surface area contributed by atoms with Crippen molar-refractivity contribution in [1.29, 1.82) is 0 Å². The van der Waals surface area contributed by atoms with Gasteiger partial charge in [0.1, 0.15) is 0 Å². The molecule has 0 fully saturated rings. The van der Waals surface area contributed by atoms with E-state index < -0.39 is 0 Å². The van der Waals surface area contributed by atoms with Gasteiger partial charge in [-0.05, 0) is 51.5 Å². The van der Waals surface area contributed by atoms with E-state index in [2.05, 4.69) is 78.9 Å². The van der Waals surface area contributed by atoms with Crippen LogP contribution in [0.5, 0.6) is 0 Å². The molecule has 0 saturated heterocycles. The molecule has 2 aromatic rings. The van der Waals surface area contributed by atoms with Crippen LogP contribution >= 0.6 is 15.9 Å². The average molecular weight is 304 g/mol. The highest BCUT2D eigenvalue weighted by atomic mass is 79.9. The molecule has 1 heterocycles. The molecule has 0 aliphatic heterocycles. The minimum Gasteiger partial charge on any atom is -0.255 e. The maximum atomic E-state index is 4.49. The van der Waals surface area contributed by atoms with Crippen molar-refractivity contribution in [3.63, 3.8) is 0 Å². The molecule has 0 aliphatic rings. The van der Waals surface area contributed by atoms with E-state index in [0.717, 1.165) is 10.2 Å². The van der Waals surface area contributed by atoms with Gasteiger partial charge in [-0.3, -0.25) is 4.98 Å². The Bertz CT molecular complexity index is 568. The zero-order valence-electron chi connectivity index (χ0n) is 11.3. The number of aromatic nitrogens is 1. The summed E-state index contributed by atoms with van der Waals surface area (Å²) >= 11 is 3.49. The molecular weight excluding hydrogens is 286 g/mol. The van der Waals surface area contributed by atoms with Gasteiger partial charge in [0.15, 0.2) is 0 Å². The molecule has 0 atom stereocenters. The standard InChI is InChI=1S/C16H18BrN/c1-11-8-15(18-10-14(11)17)12-6-5-7-13(9-12)16(2,3)4/h5-10H,1-4H3. The topological polar surface area (TPSA) is 12.9 Å². The molecule has 0 N–H and O–H groups in total. The molecule has 1 aromatic heterocycles. The molecule has 2 heteroatoms. The molecular formula is C16H18BrN. The SMILES string of the molecule is Cc1cc(-c2cccc(C(C)(C)C)c2)ncc1Br. The van der Waals surface area contributed by atoms with Crippen LogP contribution in [0.25, 0.3) is 11.3 Å². The van der Waals surface area contributed by atoms with Gasteiger partial charge in [0, 0.05) is 16.2 Å². The van der Waals surface area contributed by atoms with Crippen LogP contribution in [0.3, 0.4) is 0 Å². The van der Waals surface area contributed by atoms with Crippen molar-refractivity contribution >= 4 is 15.9 Å². The molecule has 0 aliphatic carbocycles. The Hall–Kier alpha value is -1.15. The zero-order chi connectivity index (χ0) is 13.3. The normalized spacial score (nSPS) is 11.6. The van der Waals surface area contributed by atoms with Gasteiger partial charge in [-0.2, -0.15) is 0 Å². The quantitative estimate of drug-likeness (QED) is 0.713. The Morgan fingerprint density at radius 2 is 1.83 bits per heavy atom. The van der Waals surface area contributed by atoms with Crippen molar-refractivity contribution < 1.29 is 0 Å². The van der Waals surface area contributed by atoms with Crippen LogP contribution in [-0.2, 0) is 5.41 Å². The molecule has 1 nitrogen and oxygen atoms in total. The second kappa shape index (κ2) is 4.85. The largest absolute Gasteiger partial charge is 0.255 e.